The van der Waals surface area contributed by atoms with E-state index in [1.54, 1.807) is 22.7 Å². The normalized spacial score (nSPS) is 11.4. The van der Waals surface area contributed by atoms with Crippen LogP contribution in [0, 0.1) is 0 Å². The first-order valence-corrected chi connectivity index (χ1v) is 11.2. The van der Waals surface area contributed by atoms with Crippen molar-refractivity contribution in [3.05, 3.63) is 88.3 Å². The summed E-state index contributed by atoms with van der Waals surface area (Å²) in [4.78, 5) is 12.5. The van der Waals surface area contributed by atoms with Crippen LogP contribution in [0.3, 0.4) is 0 Å². The number of hydrogen-bond acceptors (Lipinski definition) is 5. The third-order valence-corrected chi connectivity index (χ3v) is 6.49. The largest absolute Gasteiger partial charge is 0.345 e. The van der Waals surface area contributed by atoms with Crippen LogP contribution < -0.4 is 10.0 Å². The molecule has 31 heavy (non-hydrogen) atoms. The lowest BCUT2D eigenvalue weighted by atomic mass is 10.2. The van der Waals surface area contributed by atoms with Crippen LogP contribution in [-0.4, -0.2) is 28.9 Å². The van der Waals surface area contributed by atoms with Gasteiger partial charge in [-0.25, -0.2) is 8.42 Å². The summed E-state index contributed by atoms with van der Waals surface area (Å²) >= 11 is 11.8. The fourth-order valence-corrected chi connectivity index (χ4v) is 4.29. The fourth-order valence-electron chi connectivity index (χ4n) is 2.85. The van der Waals surface area contributed by atoms with E-state index >= 15 is 0 Å². The Labute approximate surface area is 187 Å². The molecule has 0 radical (unpaired) electrons. The minimum absolute atomic E-state index is 0.0459. The van der Waals surface area contributed by atoms with Gasteiger partial charge in [0.05, 0.1) is 21.5 Å². The Hall–Kier alpha value is -3.14. The molecule has 0 fully saturated rings. The maximum absolute atomic E-state index is 12.6. The molecule has 0 unspecified atom stereocenters. The van der Waals surface area contributed by atoms with E-state index in [9.17, 15) is 13.2 Å². The number of nitrogens with one attached hydrogen (secondary N) is 2. The molecule has 0 atom stereocenters. The summed E-state index contributed by atoms with van der Waals surface area (Å²) in [6, 6.07) is 15.6. The van der Waals surface area contributed by atoms with Gasteiger partial charge in [0.1, 0.15) is 0 Å². The zero-order valence-corrected chi connectivity index (χ0v) is 18.1. The van der Waals surface area contributed by atoms with E-state index in [0.29, 0.717) is 11.5 Å². The van der Waals surface area contributed by atoms with Crippen LogP contribution >= 0.6 is 23.2 Å². The van der Waals surface area contributed by atoms with Gasteiger partial charge in [-0.1, -0.05) is 35.3 Å². The Morgan fingerprint density at radius 1 is 0.968 bits per heavy atom. The minimum atomic E-state index is -3.91. The van der Waals surface area contributed by atoms with Crippen molar-refractivity contribution < 1.29 is 13.2 Å². The number of halogens is 2. The Morgan fingerprint density at radius 2 is 1.81 bits per heavy atom. The number of anilines is 1. The number of nitrogens with zero attached hydrogens (tertiary/aromatic N) is 3. The first kappa shape index (κ1) is 21.1. The van der Waals surface area contributed by atoms with Crippen LogP contribution in [0.2, 0.25) is 10.0 Å². The van der Waals surface area contributed by atoms with Crippen LogP contribution in [-0.2, 0) is 16.6 Å². The zero-order valence-electron chi connectivity index (χ0n) is 15.8. The number of carbonyl (C=O) groups excluding carboxylic acids is 1. The number of amides is 1. The molecule has 0 saturated heterocycles. The molecule has 0 aliphatic carbocycles. The quantitative estimate of drug-likeness (QED) is 0.441. The highest BCUT2D eigenvalue weighted by molar-refractivity contribution is 7.92. The van der Waals surface area contributed by atoms with E-state index in [0.717, 1.165) is 0 Å². The van der Waals surface area contributed by atoms with E-state index in [-0.39, 0.29) is 38.6 Å². The van der Waals surface area contributed by atoms with E-state index in [4.69, 9.17) is 23.2 Å². The molecule has 158 valence electrons. The van der Waals surface area contributed by atoms with Gasteiger partial charge in [0.15, 0.2) is 11.5 Å². The molecular weight excluding hydrogens is 461 g/mol. The van der Waals surface area contributed by atoms with E-state index in [1.165, 1.54) is 30.3 Å². The number of fused-ring (bicyclic) bond motifs is 1. The number of carbonyl (C=O) groups is 1. The summed E-state index contributed by atoms with van der Waals surface area (Å²) in [5, 5.41) is 11.2. The first-order chi connectivity index (χ1) is 14.8. The van der Waals surface area contributed by atoms with Gasteiger partial charge in [0.2, 0.25) is 0 Å². The van der Waals surface area contributed by atoms with Gasteiger partial charge in [-0.15, -0.1) is 10.2 Å². The number of benzene rings is 2. The molecule has 11 heteroatoms. The molecule has 2 aromatic carbocycles. The van der Waals surface area contributed by atoms with Crippen molar-refractivity contribution in [2.45, 2.75) is 11.4 Å². The Bertz CT molecular complexity index is 1390. The maximum Gasteiger partial charge on any atom is 0.261 e. The molecule has 2 aromatic heterocycles. The van der Waals surface area contributed by atoms with Gasteiger partial charge in [0.25, 0.3) is 15.9 Å². The van der Waals surface area contributed by atoms with Gasteiger partial charge in [-0.3, -0.25) is 13.9 Å². The predicted molar refractivity (Wildman–Crippen MR) is 118 cm³/mol. The molecule has 8 nitrogen and oxygen atoms in total. The lowest BCUT2D eigenvalue weighted by Gasteiger charge is -2.10. The molecule has 0 bridgehead atoms. The monoisotopic (exact) mass is 475 g/mol. The van der Waals surface area contributed by atoms with Crippen molar-refractivity contribution in [2.24, 2.45) is 0 Å². The Morgan fingerprint density at radius 3 is 2.61 bits per heavy atom. The van der Waals surface area contributed by atoms with Crippen molar-refractivity contribution in [2.75, 3.05) is 4.72 Å². The number of aromatic nitrogens is 3. The average Bonchev–Trinajstić information content (AvgIpc) is 3.17. The van der Waals surface area contributed by atoms with Crippen LogP contribution in [0.4, 0.5) is 5.69 Å². The summed E-state index contributed by atoms with van der Waals surface area (Å²) in [6.45, 7) is 0.156. The SMILES string of the molecule is O=C(NCc1nnc2ccccn12)c1cccc(NS(=O)(=O)c2ccc(Cl)c(Cl)c2)c1. The van der Waals surface area contributed by atoms with Crippen molar-refractivity contribution >= 4 is 50.5 Å². The Balaban J connectivity index is 1.48. The standard InChI is InChI=1S/C20H15Cl2N5O3S/c21-16-8-7-15(11-17(16)22)31(29,30)26-14-5-3-4-13(10-14)20(28)23-12-19-25-24-18-6-1-2-9-27(18)19/h1-11,26H,12H2,(H,23,28). The lowest BCUT2D eigenvalue weighted by molar-refractivity contribution is 0.0950. The molecule has 0 spiro atoms. The highest BCUT2D eigenvalue weighted by Gasteiger charge is 2.17. The average molecular weight is 476 g/mol. The molecule has 4 aromatic rings. The van der Waals surface area contributed by atoms with Crippen molar-refractivity contribution in [1.82, 2.24) is 19.9 Å². The van der Waals surface area contributed by atoms with Crippen LogP contribution in [0.25, 0.3) is 5.65 Å². The van der Waals surface area contributed by atoms with Crippen molar-refractivity contribution in [1.29, 1.82) is 0 Å². The number of rotatable bonds is 6. The van der Waals surface area contributed by atoms with Crippen LogP contribution in [0.5, 0.6) is 0 Å². The van der Waals surface area contributed by atoms with Crippen LogP contribution in [0.1, 0.15) is 16.2 Å². The zero-order chi connectivity index (χ0) is 22.0. The highest BCUT2D eigenvalue weighted by Crippen LogP contribution is 2.26. The fraction of sp³-hybridized carbons (Fsp3) is 0.0500. The minimum Gasteiger partial charge on any atom is -0.345 e. The predicted octanol–water partition coefficient (Wildman–Crippen LogP) is 3.77. The third kappa shape index (κ3) is 4.63. The molecule has 0 saturated carbocycles. The summed E-state index contributed by atoms with van der Waals surface area (Å²) in [7, 11) is -3.91. The smallest absolute Gasteiger partial charge is 0.261 e. The molecule has 0 aliphatic rings. The molecular formula is C20H15Cl2N5O3S. The van der Waals surface area contributed by atoms with Gasteiger partial charge >= 0.3 is 0 Å². The Kier molecular flexibility index (Phi) is 5.81. The third-order valence-electron chi connectivity index (χ3n) is 4.37. The second-order valence-corrected chi connectivity index (χ2v) is 8.99. The first-order valence-electron chi connectivity index (χ1n) is 8.98. The molecule has 2 N–H and O–H groups in total. The molecule has 4 rings (SSSR count). The van der Waals surface area contributed by atoms with Crippen LogP contribution in [0.15, 0.2) is 71.8 Å². The van der Waals surface area contributed by atoms with Gasteiger partial charge < -0.3 is 5.32 Å². The van der Waals surface area contributed by atoms with E-state index in [2.05, 4.69) is 20.2 Å². The summed E-state index contributed by atoms with van der Waals surface area (Å²) in [5.74, 6) is 0.184. The molecule has 2 heterocycles. The van der Waals surface area contributed by atoms with Gasteiger partial charge in [-0.05, 0) is 48.5 Å². The molecule has 1 amide bonds. The summed E-state index contributed by atoms with van der Waals surface area (Å²) < 4.78 is 29.4. The number of sulfonamides is 1. The van der Waals surface area contributed by atoms with E-state index in [1.807, 2.05) is 18.2 Å². The maximum atomic E-state index is 12.6. The second kappa shape index (κ2) is 8.54. The van der Waals surface area contributed by atoms with E-state index < -0.39 is 10.0 Å². The van der Waals surface area contributed by atoms with Crippen molar-refractivity contribution in [3.8, 4) is 0 Å². The summed E-state index contributed by atoms with van der Waals surface area (Å²) in [5.41, 5.74) is 1.18. The number of pyridine rings is 1. The number of hydrogen-bond donors (Lipinski definition) is 2. The highest BCUT2D eigenvalue weighted by atomic mass is 35.5. The molecule has 0 aliphatic heterocycles. The lowest BCUT2D eigenvalue weighted by Crippen LogP contribution is -2.24. The van der Waals surface area contributed by atoms with Gasteiger partial charge in [0, 0.05) is 17.4 Å². The van der Waals surface area contributed by atoms with Crippen molar-refractivity contribution in [3.63, 3.8) is 0 Å². The second-order valence-electron chi connectivity index (χ2n) is 6.49. The topological polar surface area (TPSA) is 105 Å². The van der Waals surface area contributed by atoms with Gasteiger partial charge in [-0.2, -0.15) is 0 Å². The summed E-state index contributed by atoms with van der Waals surface area (Å²) in [6.07, 6.45) is 1.80.